The van der Waals surface area contributed by atoms with Crippen molar-refractivity contribution in [2.24, 2.45) is 0 Å². The van der Waals surface area contributed by atoms with Crippen molar-refractivity contribution in [3.63, 3.8) is 0 Å². The lowest BCUT2D eigenvalue weighted by Gasteiger charge is -2.12. The van der Waals surface area contributed by atoms with Gasteiger partial charge < -0.3 is 14.5 Å². The van der Waals surface area contributed by atoms with Crippen LogP contribution in [0, 0.1) is 6.92 Å². The summed E-state index contributed by atoms with van der Waals surface area (Å²) in [6, 6.07) is 9.13. The number of thiocarbonyl (C=S) groups is 1. The second-order valence-electron chi connectivity index (χ2n) is 4.50. The van der Waals surface area contributed by atoms with Crippen molar-refractivity contribution in [2.75, 3.05) is 12.4 Å². The average Bonchev–Trinajstić information content (AvgIpc) is 3.00. The van der Waals surface area contributed by atoms with Gasteiger partial charge in [-0.2, -0.15) is 0 Å². The number of benzene rings is 1. The minimum absolute atomic E-state index is 0.191. The summed E-state index contributed by atoms with van der Waals surface area (Å²) in [5.74, 6) is 0.900. The molecule has 0 saturated heterocycles. The second kappa shape index (κ2) is 7.42. The number of amides is 1. The number of carbonyl (C=O) groups excluding carboxylic acids is 1. The normalized spacial score (nSPS) is 10.5. The molecule has 2 aromatic rings. The van der Waals surface area contributed by atoms with Gasteiger partial charge in [0.15, 0.2) is 5.11 Å². The van der Waals surface area contributed by atoms with Crippen LogP contribution in [0.3, 0.4) is 0 Å². The average molecular weight is 316 g/mol. The maximum Gasteiger partial charge on any atom is 0.250 e. The fourth-order valence-electron chi connectivity index (χ4n) is 1.75. The van der Waals surface area contributed by atoms with Crippen LogP contribution in [0.2, 0.25) is 0 Å². The van der Waals surface area contributed by atoms with Gasteiger partial charge in [0.1, 0.15) is 11.5 Å². The van der Waals surface area contributed by atoms with Crippen molar-refractivity contribution in [1.82, 2.24) is 5.32 Å². The Kier molecular flexibility index (Phi) is 5.32. The summed E-state index contributed by atoms with van der Waals surface area (Å²) in [5, 5.41) is 5.68. The maximum atomic E-state index is 11.7. The zero-order valence-corrected chi connectivity index (χ0v) is 13.1. The Morgan fingerprint density at radius 2 is 2.18 bits per heavy atom. The lowest BCUT2D eigenvalue weighted by molar-refractivity contribution is -0.115. The van der Waals surface area contributed by atoms with Crippen LogP contribution < -0.4 is 15.4 Å². The fourth-order valence-corrected chi connectivity index (χ4v) is 1.96. The number of furan rings is 1. The molecule has 0 unspecified atom stereocenters. The van der Waals surface area contributed by atoms with E-state index in [1.165, 1.54) is 12.3 Å². The molecule has 6 heteroatoms. The number of anilines is 1. The van der Waals surface area contributed by atoms with Gasteiger partial charge in [-0.25, -0.2) is 0 Å². The molecule has 22 heavy (non-hydrogen) atoms. The highest BCUT2D eigenvalue weighted by Gasteiger charge is 2.06. The topological polar surface area (TPSA) is 63.5 Å². The zero-order valence-electron chi connectivity index (χ0n) is 12.3. The molecular weight excluding hydrogens is 300 g/mol. The van der Waals surface area contributed by atoms with Crippen LogP contribution in [0.5, 0.6) is 5.75 Å². The predicted molar refractivity (Wildman–Crippen MR) is 89.8 cm³/mol. The number of rotatable bonds is 4. The number of aryl methyl sites for hydroxylation is 1. The van der Waals surface area contributed by atoms with Crippen molar-refractivity contribution >= 4 is 35.0 Å². The second-order valence-corrected chi connectivity index (χ2v) is 4.90. The van der Waals surface area contributed by atoms with Gasteiger partial charge in [0.05, 0.1) is 19.1 Å². The molecule has 0 fully saturated rings. The quantitative estimate of drug-likeness (QED) is 0.670. The summed E-state index contributed by atoms with van der Waals surface area (Å²) in [7, 11) is 1.58. The number of ether oxygens (including phenoxy) is 1. The van der Waals surface area contributed by atoms with Crippen molar-refractivity contribution in [1.29, 1.82) is 0 Å². The van der Waals surface area contributed by atoms with E-state index >= 15 is 0 Å². The molecule has 0 bridgehead atoms. The lowest BCUT2D eigenvalue weighted by Crippen LogP contribution is -2.32. The summed E-state index contributed by atoms with van der Waals surface area (Å²) in [5.41, 5.74) is 1.76. The standard InChI is InChI=1S/C16H16N2O3S/c1-11-5-7-13(14(10-11)20-2)17-16(22)18-15(19)8-6-12-4-3-9-21-12/h3-10H,1-2H3,(H2,17,18,19,22)/b8-6+. The molecule has 0 aliphatic rings. The van der Waals surface area contributed by atoms with E-state index in [0.717, 1.165) is 5.56 Å². The lowest BCUT2D eigenvalue weighted by atomic mass is 10.2. The minimum Gasteiger partial charge on any atom is -0.495 e. The first-order chi connectivity index (χ1) is 10.6. The maximum absolute atomic E-state index is 11.7. The molecule has 0 spiro atoms. The number of nitrogens with one attached hydrogen (secondary N) is 2. The number of hydrogen-bond donors (Lipinski definition) is 2. The Bertz CT molecular complexity index is 693. The Hall–Kier alpha value is -2.60. The van der Waals surface area contributed by atoms with E-state index in [1.807, 2.05) is 25.1 Å². The third kappa shape index (κ3) is 4.46. The van der Waals surface area contributed by atoms with Crippen LogP contribution in [0.25, 0.3) is 6.08 Å². The van der Waals surface area contributed by atoms with Crippen LogP contribution >= 0.6 is 12.2 Å². The van der Waals surface area contributed by atoms with E-state index in [9.17, 15) is 4.79 Å². The molecule has 1 amide bonds. The van der Waals surface area contributed by atoms with Gasteiger partial charge >= 0.3 is 0 Å². The van der Waals surface area contributed by atoms with E-state index in [4.69, 9.17) is 21.4 Å². The SMILES string of the molecule is COc1cc(C)ccc1NC(=S)NC(=O)/C=C/c1ccco1. The van der Waals surface area contributed by atoms with Gasteiger partial charge in [-0.3, -0.25) is 10.1 Å². The van der Waals surface area contributed by atoms with Gasteiger partial charge in [-0.15, -0.1) is 0 Å². The number of hydrogen-bond acceptors (Lipinski definition) is 4. The van der Waals surface area contributed by atoms with E-state index in [0.29, 0.717) is 17.2 Å². The zero-order chi connectivity index (χ0) is 15.9. The van der Waals surface area contributed by atoms with Crippen molar-refractivity contribution in [3.05, 3.63) is 54.0 Å². The first kappa shape index (κ1) is 15.8. The Labute approximate surface area is 134 Å². The molecule has 0 aliphatic heterocycles. The largest absolute Gasteiger partial charge is 0.495 e. The molecule has 0 radical (unpaired) electrons. The van der Waals surface area contributed by atoms with E-state index in [1.54, 1.807) is 25.3 Å². The molecule has 2 N–H and O–H groups in total. The highest BCUT2D eigenvalue weighted by atomic mass is 32.1. The third-order valence-corrected chi connectivity index (χ3v) is 2.99. The smallest absolute Gasteiger partial charge is 0.250 e. The summed E-state index contributed by atoms with van der Waals surface area (Å²) < 4.78 is 10.4. The molecule has 1 aromatic heterocycles. The van der Waals surface area contributed by atoms with Gasteiger partial charge in [-0.05, 0) is 55.0 Å². The van der Waals surface area contributed by atoms with Gasteiger partial charge in [0.25, 0.3) is 0 Å². The van der Waals surface area contributed by atoms with E-state index in [-0.39, 0.29) is 11.0 Å². The summed E-state index contributed by atoms with van der Waals surface area (Å²) >= 11 is 5.11. The van der Waals surface area contributed by atoms with Crippen LogP contribution in [-0.4, -0.2) is 18.1 Å². The molecular formula is C16H16N2O3S. The molecule has 0 saturated carbocycles. The fraction of sp³-hybridized carbons (Fsp3) is 0.125. The molecule has 1 aromatic carbocycles. The van der Waals surface area contributed by atoms with Gasteiger partial charge in [0, 0.05) is 6.08 Å². The predicted octanol–water partition coefficient (Wildman–Crippen LogP) is 3.12. The van der Waals surface area contributed by atoms with Gasteiger partial charge in [-0.1, -0.05) is 6.07 Å². The monoisotopic (exact) mass is 316 g/mol. The molecule has 114 valence electrons. The molecule has 1 heterocycles. The first-order valence-electron chi connectivity index (χ1n) is 6.56. The highest BCUT2D eigenvalue weighted by Crippen LogP contribution is 2.25. The molecule has 2 rings (SSSR count). The third-order valence-electron chi connectivity index (χ3n) is 2.78. The Morgan fingerprint density at radius 1 is 1.36 bits per heavy atom. The molecule has 0 atom stereocenters. The van der Waals surface area contributed by atoms with Crippen LogP contribution in [0.1, 0.15) is 11.3 Å². The molecule has 5 nitrogen and oxygen atoms in total. The minimum atomic E-state index is -0.347. The van der Waals surface area contributed by atoms with E-state index in [2.05, 4.69) is 10.6 Å². The molecule has 0 aliphatic carbocycles. The van der Waals surface area contributed by atoms with Crippen molar-refractivity contribution in [2.45, 2.75) is 6.92 Å². The Morgan fingerprint density at radius 3 is 2.86 bits per heavy atom. The van der Waals surface area contributed by atoms with Crippen LogP contribution in [-0.2, 0) is 4.79 Å². The van der Waals surface area contributed by atoms with Crippen molar-refractivity contribution in [3.8, 4) is 5.75 Å². The van der Waals surface area contributed by atoms with E-state index < -0.39 is 0 Å². The number of carbonyl (C=O) groups is 1. The first-order valence-corrected chi connectivity index (χ1v) is 6.97. The summed E-state index contributed by atoms with van der Waals surface area (Å²) in [6.07, 6.45) is 4.44. The van der Waals surface area contributed by atoms with Crippen LogP contribution in [0.15, 0.2) is 47.1 Å². The Balaban J connectivity index is 1.94. The number of methoxy groups -OCH3 is 1. The summed E-state index contributed by atoms with van der Waals surface area (Å²) in [4.78, 5) is 11.7. The van der Waals surface area contributed by atoms with Gasteiger partial charge in [0.2, 0.25) is 5.91 Å². The highest BCUT2D eigenvalue weighted by molar-refractivity contribution is 7.80. The van der Waals surface area contributed by atoms with Crippen molar-refractivity contribution < 1.29 is 13.9 Å². The summed E-state index contributed by atoms with van der Waals surface area (Å²) in [6.45, 7) is 1.96. The van der Waals surface area contributed by atoms with Crippen LogP contribution in [0.4, 0.5) is 5.69 Å².